The molecule has 0 atom stereocenters. The van der Waals surface area contributed by atoms with Crippen LogP contribution in [0.25, 0.3) is 27.7 Å². The monoisotopic (exact) mass is 445 g/mol. The minimum atomic E-state index is -0.143. The van der Waals surface area contributed by atoms with E-state index < -0.39 is 0 Å². The second kappa shape index (κ2) is 9.15. The first kappa shape index (κ1) is 22.3. The molecule has 0 aliphatic rings. The molecule has 0 radical (unpaired) electrons. The van der Waals surface area contributed by atoms with Gasteiger partial charge in [-0.2, -0.15) is 0 Å². The summed E-state index contributed by atoms with van der Waals surface area (Å²) in [4.78, 5) is 12.3. The number of fused-ring (bicyclic) bond motifs is 1. The highest BCUT2D eigenvalue weighted by molar-refractivity contribution is 6.36. The van der Waals surface area contributed by atoms with Gasteiger partial charge < -0.3 is 14.5 Å². The second-order valence-corrected chi connectivity index (χ2v) is 8.30. The van der Waals surface area contributed by atoms with Gasteiger partial charge in [0.2, 0.25) is 5.91 Å². The summed E-state index contributed by atoms with van der Waals surface area (Å²) in [6.45, 7) is 10.1. The maximum Gasteiger partial charge on any atom is 0.244 e. The summed E-state index contributed by atoms with van der Waals surface area (Å²) >= 11 is 12.5. The van der Waals surface area contributed by atoms with Crippen LogP contribution in [-0.2, 0) is 4.79 Å². The zero-order valence-electron chi connectivity index (χ0n) is 17.7. The van der Waals surface area contributed by atoms with Gasteiger partial charge in [-0.15, -0.1) is 0 Å². The summed E-state index contributed by atoms with van der Waals surface area (Å²) in [7, 11) is 0. The largest absolute Gasteiger partial charge is 0.493 e. The topological polar surface area (TPSA) is 51.5 Å². The van der Waals surface area contributed by atoms with Crippen LogP contribution in [-0.4, -0.2) is 18.6 Å². The van der Waals surface area contributed by atoms with Crippen molar-refractivity contribution in [3.8, 4) is 16.9 Å². The van der Waals surface area contributed by atoms with Gasteiger partial charge in [0, 0.05) is 44.8 Å². The maximum absolute atomic E-state index is 12.3. The van der Waals surface area contributed by atoms with Gasteiger partial charge in [0.15, 0.2) is 0 Å². The summed E-state index contributed by atoms with van der Waals surface area (Å²) in [5, 5.41) is 4.90. The van der Waals surface area contributed by atoms with Gasteiger partial charge in [-0.1, -0.05) is 29.3 Å². The highest BCUT2D eigenvalue weighted by Gasteiger charge is 2.20. The third kappa shape index (κ3) is 4.50. The van der Waals surface area contributed by atoms with Crippen LogP contribution in [0, 0.1) is 6.92 Å². The van der Waals surface area contributed by atoms with Crippen molar-refractivity contribution in [2.75, 3.05) is 6.61 Å². The summed E-state index contributed by atoms with van der Waals surface area (Å²) in [6.07, 6.45) is 3.29. The molecule has 0 aliphatic heterocycles. The number of benzene rings is 2. The number of allylic oxidation sites excluding steroid dienone is 1. The Bertz CT molecular complexity index is 1130. The first-order valence-electron chi connectivity index (χ1n) is 9.85. The van der Waals surface area contributed by atoms with E-state index in [1.54, 1.807) is 24.5 Å². The third-order valence-corrected chi connectivity index (χ3v) is 5.31. The van der Waals surface area contributed by atoms with Crippen molar-refractivity contribution < 1.29 is 13.9 Å². The van der Waals surface area contributed by atoms with Crippen molar-refractivity contribution in [1.82, 2.24) is 5.32 Å². The molecular formula is C24H25Cl2NO3. The van der Waals surface area contributed by atoms with E-state index in [2.05, 4.69) is 5.32 Å². The van der Waals surface area contributed by atoms with Gasteiger partial charge in [0.1, 0.15) is 11.3 Å². The number of carbonyl (C=O) groups is 1. The number of amides is 1. The fraction of sp³-hybridized carbons (Fsp3) is 0.292. The van der Waals surface area contributed by atoms with Gasteiger partial charge in [0.05, 0.1) is 17.9 Å². The minimum Gasteiger partial charge on any atom is -0.493 e. The molecule has 1 N–H and O–H groups in total. The van der Waals surface area contributed by atoms with Crippen LogP contribution in [0.5, 0.6) is 5.75 Å². The average Bonchev–Trinajstić information content (AvgIpc) is 3.07. The standard InChI is InChI=1S/C24H25Cl2NO3/c1-6-29-23-15(5)24-19(11-18(23)14(4)9-22(28)27-13(2)3)20(12-30-24)17-8-7-16(25)10-21(17)26/h7-13H,6H2,1-5H3,(H,27,28)/b14-9+. The number of carbonyl (C=O) groups excluding carboxylic acids is 1. The van der Waals surface area contributed by atoms with Crippen LogP contribution in [0.2, 0.25) is 10.0 Å². The van der Waals surface area contributed by atoms with Gasteiger partial charge in [-0.25, -0.2) is 0 Å². The van der Waals surface area contributed by atoms with E-state index in [-0.39, 0.29) is 11.9 Å². The van der Waals surface area contributed by atoms with E-state index in [4.69, 9.17) is 32.4 Å². The zero-order valence-corrected chi connectivity index (χ0v) is 19.2. The lowest BCUT2D eigenvalue weighted by Gasteiger charge is -2.15. The molecule has 30 heavy (non-hydrogen) atoms. The van der Waals surface area contributed by atoms with E-state index >= 15 is 0 Å². The number of rotatable bonds is 6. The first-order chi connectivity index (χ1) is 14.2. The van der Waals surface area contributed by atoms with Crippen molar-refractivity contribution in [3.05, 3.63) is 57.8 Å². The number of hydrogen-bond acceptors (Lipinski definition) is 3. The maximum atomic E-state index is 12.3. The molecule has 0 saturated carbocycles. The van der Waals surface area contributed by atoms with Crippen molar-refractivity contribution in [2.45, 2.75) is 40.7 Å². The lowest BCUT2D eigenvalue weighted by atomic mass is 9.96. The van der Waals surface area contributed by atoms with Gasteiger partial charge in [-0.3, -0.25) is 4.79 Å². The predicted molar refractivity (Wildman–Crippen MR) is 125 cm³/mol. The van der Waals surface area contributed by atoms with Crippen LogP contribution >= 0.6 is 23.2 Å². The molecule has 3 aromatic rings. The Hall–Kier alpha value is -2.43. The van der Waals surface area contributed by atoms with E-state index in [9.17, 15) is 4.79 Å². The number of hydrogen-bond donors (Lipinski definition) is 1. The van der Waals surface area contributed by atoms with Crippen molar-refractivity contribution in [3.63, 3.8) is 0 Å². The Morgan fingerprint density at radius 2 is 1.97 bits per heavy atom. The molecule has 158 valence electrons. The van der Waals surface area contributed by atoms with Crippen LogP contribution in [0.4, 0.5) is 0 Å². The fourth-order valence-electron chi connectivity index (χ4n) is 3.46. The highest BCUT2D eigenvalue weighted by atomic mass is 35.5. The van der Waals surface area contributed by atoms with Crippen LogP contribution in [0.15, 0.2) is 41.0 Å². The second-order valence-electron chi connectivity index (χ2n) is 7.45. The average molecular weight is 446 g/mol. The number of nitrogens with one attached hydrogen (secondary N) is 1. The van der Waals surface area contributed by atoms with Gasteiger partial charge in [0.25, 0.3) is 0 Å². The number of aryl methyl sites for hydroxylation is 1. The summed E-state index contributed by atoms with van der Waals surface area (Å²) < 4.78 is 11.8. The van der Waals surface area contributed by atoms with Crippen LogP contribution in [0.3, 0.4) is 0 Å². The molecule has 1 amide bonds. The molecule has 0 spiro atoms. The van der Waals surface area contributed by atoms with Crippen molar-refractivity contribution in [1.29, 1.82) is 0 Å². The molecule has 0 aliphatic carbocycles. The number of halogens is 2. The molecule has 0 fully saturated rings. The first-order valence-corrected chi connectivity index (χ1v) is 10.6. The highest BCUT2D eigenvalue weighted by Crippen LogP contribution is 2.42. The van der Waals surface area contributed by atoms with Crippen molar-refractivity contribution >= 4 is 45.7 Å². The lowest BCUT2D eigenvalue weighted by Crippen LogP contribution is -2.28. The summed E-state index contributed by atoms with van der Waals surface area (Å²) in [6, 6.07) is 7.43. The summed E-state index contributed by atoms with van der Waals surface area (Å²) in [5.74, 6) is 0.565. The Labute approximate surface area is 186 Å². The molecule has 2 aromatic carbocycles. The number of furan rings is 1. The van der Waals surface area contributed by atoms with E-state index in [1.807, 2.05) is 46.8 Å². The Morgan fingerprint density at radius 3 is 2.60 bits per heavy atom. The van der Waals surface area contributed by atoms with Crippen LogP contribution < -0.4 is 10.1 Å². The van der Waals surface area contributed by atoms with Crippen molar-refractivity contribution in [2.24, 2.45) is 0 Å². The normalized spacial score (nSPS) is 11.9. The lowest BCUT2D eigenvalue weighted by molar-refractivity contribution is -0.116. The van der Waals surface area contributed by atoms with Crippen LogP contribution in [0.1, 0.15) is 38.8 Å². The molecular weight excluding hydrogens is 421 g/mol. The predicted octanol–water partition coefficient (Wildman–Crippen LogP) is 7.04. The van der Waals surface area contributed by atoms with E-state index in [0.717, 1.165) is 38.8 Å². The molecule has 6 heteroatoms. The molecule has 0 saturated heterocycles. The summed E-state index contributed by atoms with van der Waals surface area (Å²) in [5.41, 5.74) is 4.93. The minimum absolute atomic E-state index is 0.0599. The molecule has 1 heterocycles. The Balaban J connectivity index is 2.22. The molecule has 4 nitrogen and oxygen atoms in total. The quantitative estimate of drug-likeness (QED) is 0.413. The molecule has 0 unspecified atom stereocenters. The van der Waals surface area contributed by atoms with E-state index in [1.165, 1.54) is 0 Å². The Morgan fingerprint density at radius 1 is 1.23 bits per heavy atom. The SMILES string of the molecule is CCOc1c(/C(C)=C/C(=O)NC(C)C)cc2c(-c3ccc(Cl)cc3Cl)coc2c1C. The number of ether oxygens (including phenoxy) is 1. The fourth-order valence-corrected chi connectivity index (χ4v) is 3.97. The Kier molecular flexibility index (Phi) is 6.79. The van der Waals surface area contributed by atoms with Gasteiger partial charge >= 0.3 is 0 Å². The smallest absolute Gasteiger partial charge is 0.244 e. The van der Waals surface area contributed by atoms with Gasteiger partial charge in [-0.05, 0) is 58.4 Å². The third-order valence-electron chi connectivity index (χ3n) is 4.76. The molecule has 3 rings (SSSR count). The molecule has 0 bridgehead atoms. The van der Waals surface area contributed by atoms with E-state index in [0.29, 0.717) is 22.4 Å². The zero-order chi connectivity index (χ0) is 22.0. The molecule has 1 aromatic heterocycles.